The van der Waals surface area contributed by atoms with Gasteiger partial charge in [-0.15, -0.1) is 0 Å². The molecule has 0 atom stereocenters. The van der Waals surface area contributed by atoms with E-state index in [4.69, 9.17) is 13.9 Å². The maximum Gasteiger partial charge on any atom is 0.417 e. The smallest absolute Gasteiger partial charge is 0.417 e. The van der Waals surface area contributed by atoms with E-state index in [-0.39, 0.29) is 16.7 Å². The molecule has 3 rings (SSSR count). The van der Waals surface area contributed by atoms with Crippen LogP contribution in [0.25, 0.3) is 11.0 Å². The second-order valence-corrected chi connectivity index (χ2v) is 5.70. The van der Waals surface area contributed by atoms with Crippen LogP contribution in [-0.4, -0.2) is 19.6 Å². The van der Waals surface area contributed by atoms with Gasteiger partial charge in [-0.2, -0.15) is 13.2 Å². The number of anilines is 1. The average molecular weight is 393 g/mol. The van der Waals surface area contributed by atoms with Gasteiger partial charge in [-0.25, -0.2) is 4.79 Å². The quantitative estimate of drug-likeness (QED) is 0.667. The number of alkyl halides is 3. The van der Waals surface area contributed by atoms with Crippen LogP contribution in [-0.2, 0) is 11.0 Å². The Bertz CT molecular complexity index is 1080. The minimum atomic E-state index is -4.70. The predicted octanol–water partition coefficient (Wildman–Crippen LogP) is 3.84. The van der Waals surface area contributed by atoms with Crippen molar-refractivity contribution in [1.82, 2.24) is 0 Å². The van der Waals surface area contributed by atoms with Crippen LogP contribution in [0.4, 0.5) is 18.9 Å². The molecule has 0 aliphatic heterocycles. The Morgan fingerprint density at radius 2 is 1.89 bits per heavy atom. The van der Waals surface area contributed by atoms with Gasteiger partial charge in [-0.1, -0.05) is 6.07 Å². The number of hydrogen-bond donors (Lipinski definition) is 1. The fourth-order valence-electron chi connectivity index (χ4n) is 2.51. The average Bonchev–Trinajstić information content (AvgIpc) is 2.64. The summed E-state index contributed by atoms with van der Waals surface area (Å²) in [5, 5.41) is 2.32. The highest BCUT2D eigenvalue weighted by Gasteiger charge is 2.33. The number of nitrogens with one attached hydrogen (secondary N) is 1. The van der Waals surface area contributed by atoms with Gasteiger partial charge in [0.2, 0.25) is 0 Å². The molecule has 1 amide bonds. The van der Waals surface area contributed by atoms with E-state index in [0.29, 0.717) is 17.5 Å². The van der Waals surface area contributed by atoms with E-state index in [9.17, 15) is 22.8 Å². The minimum Gasteiger partial charge on any atom is -0.497 e. The fourth-order valence-corrected chi connectivity index (χ4v) is 2.51. The first kappa shape index (κ1) is 19.3. The lowest BCUT2D eigenvalue weighted by atomic mass is 10.1. The van der Waals surface area contributed by atoms with E-state index in [1.807, 2.05) is 0 Å². The van der Waals surface area contributed by atoms with Crippen molar-refractivity contribution in [2.75, 3.05) is 19.0 Å². The zero-order valence-corrected chi connectivity index (χ0v) is 14.5. The highest BCUT2D eigenvalue weighted by Crippen LogP contribution is 2.34. The van der Waals surface area contributed by atoms with Crippen LogP contribution in [0, 0.1) is 0 Å². The molecule has 1 N–H and O–H groups in total. The molecular weight excluding hydrogens is 379 g/mol. The molecule has 1 heterocycles. The van der Waals surface area contributed by atoms with Crippen LogP contribution in [0.1, 0.15) is 5.56 Å². The molecule has 0 saturated carbocycles. The second kappa shape index (κ2) is 7.63. The summed E-state index contributed by atoms with van der Waals surface area (Å²) in [7, 11) is 1.49. The van der Waals surface area contributed by atoms with Crippen molar-refractivity contribution in [3.8, 4) is 11.5 Å². The Kier molecular flexibility index (Phi) is 5.25. The first-order chi connectivity index (χ1) is 13.3. The van der Waals surface area contributed by atoms with E-state index in [2.05, 4.69) is 5.32 Å². The van der Waals surface area contributed by atoms with Crippen molar-refractivity contribution in [2.24, 2.45) is 0 Å². The molecule has 9 heteroatoms. The lowest BCUT2D eigenvalue weighted by molar-refractivity contribution is -0.136. The van der Waals surface area contributed by atoms with E-state index < -0.39 is 29.9 Å². The maximum atomic E-state index is 13.0. The van der Waals surface area contributed by atoms with Gasteiger partial charge in [0.1, 0.15) is 17.1 Å². The van der Waals surface area contributed by atoms with E-state index in [1.165, 1.54) is 13.2 Å². The van der Waals surface area contributed by atoms with Crippen molar-refractivity contribution in [2.45, 2.75) is 6.18 Å². The number of carbonyl (C=O) groups excluding carboxylic acids is 1. The summed E-state index contributed by atoms with van der Waals surface area (Å²) in [6.45, 7) is -0.397. The Morgan fingerprint density at radius 3 is 2.61 bits per heavy atom. The highest BCUT2D eigenvalue weighted by atomic mass is 19.4. The molecule has 28 heavy (non-hydrogen) atoms. The first-order valence-corrected chi connectivity index (χ1v) is 7.98. The van der Waals surface area contributed by atoms with Gasteiger partial charge in [0.25, 0.3) is 5.91 Å². The Morgan fingerprint density at radius 1 is 1.11 bits per heavy atom. The lowest BCUT2D eigenvalue weighted by Gasteiger charge is -2.11. The van der Waals surface area contributed by atoms with Crippen molar-refractivity contribution in [3.63, 3.8) is 0 Å². The molecule has 0 bridgehead atoms. The molecule has 2 aromatic carbocycles. The van der Waals surface area contributed by atoms with Gasteiger partial charge < -0.3 is 19.2 Å². The molecule has 0 aliphatic rings. The number of benzene rings is 2. The van der Waals surface area contributed by atoms with Crippen LogP contribution >= 0.6 is 0 Å². The van der Waals surface area contributed by atoms with Crippen LogP contribution in [0.15, 0.2) is 57.7 Å². The fraction of sp³-hybridized carbons (Fsp3) is 0.158. The molecule has 0 aliphatic carbocycles. The van der Waals surface area contributed by atoms with Crippen LogP contribution < -0.4 is 20.4 Å². The number of methoxy groups -OCH3 is 1. The Balaban J connectivity index is 1.74. The summed E-state index contributed by atoms with van der Waals surface area (Å²) in [4.78, 5) is 23.4. The summed E-state index contributed by atoms with van der Waals surface area (Å²) in [6.07, 6.45) is -4.70. The number of carbonyl (C=O) groups is 1. The van der Waals surface area contributed by atoms with Crippen molar-refractivity contribution in [1.29, 1.82) is 0 Å². The molecule has 1 aromatic heterocycles. The zero-order valence-electron chi connectivity index (χ0n) is 14.5. The Hall–Kier alpha value is -3.49. The second-order valence-electron chi connectivity index (χ2n) is 5.70. The number of amides is 1. The number of hydrogen-bond acceptors (Lipinski definition) is 5. The van der Waals surface area contributed by atoms with Gasteiger partial charge in [0.05, 0.1) is 12.7 Å². The summed E-state index contributed by atoms with van der Waals surface area (Å²) in [6, 6.07) is 10.6. The van der Waals surface area contributed by atoms with E-state index in [1.54, 1.807) is 24.3 Å². The number of ether oxygens (including phenoxy) is 2. The molecule has 0 radical (unpaired) electrons. The number of halogens is 3. The molecule has 0 unspecified atom stereocenters. The number of rotatable bonds is 5. The molecule has 6 nitrogen and oxygen atoms in total. The third kappa shape index (κ3) is 4.43. The summed E-state index contributed by atoms with van der Waals surface area (Å²) in [5.74, 6) is 0.151. The summed E-state index contributed by atoms with van der Waals surface area (Å²) in [5.41, 5.74) is -2.02. The Labute approximate surface area is 156 Å². The first-order valence-electron chi connectivity index (χ1n) is 7.98. The minimum absolute atomic E-state index is 0.0794. The van der Waals surface area contributed by atoms with Gasteiger partial charge in [-0.3, -0.25) is 4.79 Å². The third-order valence-electron chi connectivity index (χ3n) is 3.74. The molecule has 0 fully saturated rings. The molecular formula is C19H14F3NO5. The van der Waals surface area contributed by atoms with Crippen LogP contribution in [0.5, 0.6) is 11.5 Å². The van der Waals surface area contributed by atoms with Crippen molar-refractivity contribution < 1.29 is 31.9 Å². The van der Waals surface area contributed by atoms with Gasteiger partial charge in [-0.05, 0) is 24.3 Å². The molecule has 0 saturated heterocycles. The van der Waals surface area contributed by atoms with Crippen LogP contribution in [0.3, 0.4) is 0 Å². The zero-order chi connectivity index (χ0) is 20.3. The van der Waals surface area contributed by atoms with Crippen molar-refractivity contribution in [3.05, 3.63) is 64.5 Å². The van der Waals surface area contributed by atoms with Gasteiger partial charge in [0, 0.05) is 29.3 Å². The number of fused-ring (bicyclic) bond motifs is 1. The summed E-state index contributed by atoms with van der Waals surface area (Å²) < 4.78 is 54.3. The van der Waals surface area contributed by atoms with Gasteiger partial charge in [0.15, 0.2) is 6.61 Å². The summed E-state index contributed by atoms with van der Waals surface area (Å²) >= 11 is 0. The molecule has 3 aromatic rings. The SMILES string of the molecule is COc1cccc(NC(=O)COc2ccc3c(C(F)(F)F)cc(=O)oc3c2)c1. The monoisotopic (exact) mass is 393 g/mol. The van der Waals surface area contributed by atoms with Gasteiger partial charge >= 0.3 is 11.8 Å². The maximum absolute atomic E-state index is 13.0. The lowest BCUT2D eigenvalue weighted by Crippen LogP contribution is -2.20. The molecule has 0 spiro atoms. The largest absolute Gasteiger partial charge is 0.497 e. The van der Waals surface area contributed by atoms with E-state index in [0.717, 1.165) is 12.1 Å². The standard InChI is InChI=1S/C19H14F3NO5/c1-26-12-4-2-3-11(7-12)23-17(24)10-27-13-5-6-14-15(19(20,21)22)9-18(25)28-16(14)8-13/h2-9H,10H2,1H3,(H,23,24). The van der Waals surface area contributed by atoms with E-state index >= 15 is 0 Å². The normalized spacial score (nSPS) is 11.3. The topological polar surface area (TPSA) is 77.8 Å². The predicted molar refractivity (Wildman–Crippen MR) is 94.6 cm³/mol. The highest BCUT2D eigenvalue weighted by molar-refractivity contribution is 5.92. The van der Waals surface area contributed by atoms with Crippen molar-refractivity contribution >= 4 is 22.6 Å². The third-order valence-corrected chi connectivity index (χ3v) is 3.74. The molecule has 146 valence electrons. The van der Waals surface area contributed by atoms with Crippen LogP contribution in [0.2, 0.25) is 0 Å².